The lowest BCUT2D eigenvalue weighted by molar-refractivity contribution is -0.119. The first-order valence-electron chi connectivity index (χ1n) is 4.94. The third-order valence-electron chi connectivity index (χ3n) is 1.83. The van der Waals surface area contributed by atoms with Gasteiger partial charge in [0.15, 0.2) is 5.17 Å². The molecule has 2 amide bonds. The molecule has 96 valence electrons. The largest absolute Gasteiger partial charge is 0.377 e. The lowest BCUT2D eigenvalue weighted by Gasteiger charge is -2.06. The smallest absolute Gasteiger partial charge is 0.269 e. The van der Waals surface area contributed by atoms with Crippen molar-refractivity contribution in [2.45, 2.75) is 0 Å². The summed E-state index contributed by atoms with van der Waals surface area (Å²) in [6.07, 6.45) is 0. The van der Waals surface area contributed by atoms with Gasteiger partial charge in [-0.3, -0.25) is 20.4 Å². The standard InChI is InChI=1S/C10H13N5O2S/c11-10(13-12)18-6-8(16)14-15-9(17)7-4-2-1-3-5-7/h1-5H,6,12H2,(H2,11,13)(H,14,16)(H,15,17). The van der Waals surface area contributed by atoms with E-state index in [1.54, 1.807) is 30.3 Å². The zero-order valence-corrected chi connectivity index (χ0v) is 10.2. The highest BCUT2D eigenvalue weighted by atomic mass is 32.2. The number of nitrogens with two attached hydrogens (primary N) is 2. The zero-order chi connectivity index (χ0) is 13.4. The number of hydrogen-bond acceptors (Lipinski definition) is 5. The predicted molar refractivity (Wildman–Crippen MR) is 70.3 cm³/mol. The lowest BCUT2D eigenvalue weighted by atomic mass is 10.2. The highest BCUT2D eigenvalue weighted by molar-refractivity contribution is 8.14. The van der Waals surface area contributed by atoms with Crippen LogP contribution >= 0.6 is 11.8 Å². The molecule has 1 aromatic rings. The minimum Gasteiger partial charge on any atom is -0.377 e. The van der Waals surface area contributed by atoms with Gasteiger partial charge in [0.05, 0.1) is 5.75 Å². The molecule has 1 rings (SSSR count). The summed E-state index contributed by atoms with van der Waals surface area (Å²) < 4.78 is 0. The van der Waals surface area contributed by atoms with Crippen LogP contribution in [0.4, 0.5) is 0 Å². The number of carbonyl (C=O) groups excluding carboxylic acids is 2. The SMILES string of the molecule is NN=C(N)SCC(=O)NNC(=O)c1ccccc1. The van der Waals surface area contributed by atoms with Crippen molar-refractivity contribution in [2.75, 3.05) is 5.75 Å². The molecule has 0 fully saturated rings. The highest BCUT2D eigenvalue weighted by Crippen LogP contribution is 1.98. The molecule has 0 aliphatic rings. The number of amides is 2. The number of benzene rings is 1. The van der Waals surface area contributed by atoms with E-state index in [1.165, 1.54) is 0 Å². The quantitative estimate of drug-likeness (QED) is 0.251. The van der Waals surface area contributed by atoms with Gasteiger partial charge in [0.25, 0.3) is 5.91 Å². The van der Waals surface area contributed by atoms with Gasteiger partial charge in [-0.15, -0.1) is 0 Å². The summed E-state index contributed by atoms with van der Waals surface area (Å²) in [5.74, 6) is 4.11. The minimum atomic E-state index is -0.407. The Kier molecular flexibility index (Phi) is 5.52. The van der Waals surface area contributed by atoms with Crippen molar-refractivity contribution in [3.63, 3.8) is 0 Å². The van der Waals surface area contributed by atoms with Gasteiger partial charge in [0.1, 0.15) is 0 Å². The number of carbonyl (C=O) groups is 2. The Hall–Kier alpha value is -2.22. The van der Waals surface area contributed by atoms with Gasteiger partial charge in [-0.1, -0.05) is 30.0 Å². The average Bonchev–Trinajstić information content (AvgIpc) is 2.42. The van der Waals surface area contributed by atoms with E-state index in [2.05, 4.69) is 16.0 Å². The van der Waals surface area contributed by atoms with Crippen LogP contribution in [0, 0.1) is 0 Å². The Morgan fingerprint density at radius 3 is 2.50 bits per heavy atom. The van der Waals surface area contributed by atoms with E-state index in [0.29, 0.717) is 5.56 Å². The molecule has 0 heterocycles. The number of hydrogen-bond donors (Lipinski definition) is 4. The predicted octanol–water partition coefficient (Wildman–Crippen LogP) is -0.631. The van der Waals surface area contributed by atoms with E-state index in [9.17, 15) is 9.59 Å². The molecule has 0 saturated heterocycles. The summed E-state index contributed by atoms with van der Waals surface area (Å²) >= 11 is 0.971. The monoisotopic (exact) mass is 267 g/mol. The van der Waals surface area contributed by atoms with Crippen molar-refractivity contribution in [3.8, 4) is 0 Å². The summed E-state index contributed by atoms with van der Waals surface area (Å²) in [5, 5.41) is 3.29. The molecule has 0 saturated carbocycles. The third kappa shape index (κ3) is 4.74. The summed E-state index contributed by atoms with van der Waals surface area (Å²) in [6, 6.07) is 8.52. The summed E-state index contributed by atoms with van der Waals surface area (Å²) in [6.45, 7) is 0. The second-order valence-electron chi connectivity index (χ2n) is 3.12. The second-order valence-corrected chi connectivity index (χ2v) is 4.12. The number of amidine groups is 1. The van der Waals surface area contributed by atoms with Gasteiger partial charge in [0, 0.05) is 5.56 Å². The molecule has 18 heavy (non-hydrogen) atoms. The molecular formula is C10H13N5O2S. The summed E-state index contributed by atoms with van der Waals surface area (Å²) in [7, 11) is 0. The van der Waals surface area contributed by atoms with Crippen LogP contribution in [0.2, 0.25) is 0 Å². The Bertz CT molecular complexity index is 449. The maximum absolute atomic E-state index is 11.5. The molecule has 0 atom stereocenters. The average molecular weight is 267 g/mol. The third-order valence-corrected chi connectivity index (χ3v) is 2.64. The first-order valence-corrected chi connectivity index (χ1v) is 5.92. The minimum absolute atomic E-state index is 0.0155. The normalized spacial score (nSPS) is 10.8. The molecule has 0 aliphatic carbocycles. The van der Waals surface area contributed by atoms with Gasteiger partial charge in [-0.2, -0.15) is 5.10 Å². The van der Waals surface area contributed by atoms with Gasteiger partial charge in [0.2, 0.25) is 5.91 Å². The van der Waals surface area contributed by atoms with E-state index >= 15 is 0 Å². The fourth-order valence-corrected chi connectivity index (χ4v) is 1.43. The molecule has 0 aliphatic heterocycles. The Labute approximate surface area is 108 Å². The van der Waals surface area contributed by atoms with Crippen molar-refractivity contribution in [3.05, 3.63) is 35.9 Å². The topological polar surface area (TPSA) is 123 Å². The maximum atomic E-state index is 11.5. The number of rotatable bonds is 3. The maximum Gasteiger partial charge on any atom is 0.269 e. The number of nitrogens with zero attached hydrogens (tertiary/aromatic N) is 1. The molecular weight excluding hydrogens is 254 g/mol. The lowest BCUT2D eigenvalue weighted by Crippen LogP contribution is -2.42. The van der Waals surface area contributed by atoms with Crippen molar-refractivity contribution in [2.24, 2.45) is 16.7 Å². The van der Waals surface area contributed by atoms with Crippen LogP contribution in [0.15, 0.2) is 35.4 Å². The van der Waals surface area contributed by atoms with E-state index in [1.807, 2.05) is 0 Å². The molecule has 1 aromatic carbocycles. The van der Waals surface area contributed by atoms with Gasteiger partial charge < -0.3 is 11.6 Å². The van der Waals surface area contributed by atoms with Crippen LogP contribution in [-0.4, -0.2) is 22.7 Å². The van der Waals surface area contributed by atoms with Gasteiger partial charge in [-0.05, 0) is 12.1 Å². The molecule has 0 bridgehead atoms. The van der Waals surface area contributed by atoms with Crippen molar-refractivity contribution in [1.82, 2.24) is 10.9 Å². The molecule has 0 radical (unpaired) electrons. The first-order chi connectivity index (χ1) is 8.63. The highest BCUT2D eigenvalue weighted by Gasteiger charge is 2.07. The van der Waals surface area contributed by atoms with E-state index in [4.69, 9.17) is 11.6 Å². The molecule has 6 N–H and O–H groups in total. The van der Waals surface area contributed by atoms with Crippen molar-refractivity contribution in [1.29, 1.82) is 0 Å². The molecule has 0 spiro atoms. The Morgan fingerprint density at radius 1 is 1.22 bits per heavy atom. The molecule has 8 heteroatoms. The fourth-order valence-electron chi connectivity index (χ4n) is 1.00. The summed E-state index contributed by atoms with van der Waals surface area (Å²) in [5.41, 5.74) is 10.3. The Balaban J connectivity index is 2.33. The van der Waals surface area contributed by atoms with E-state index < -0.39 is 11.8 Å². The first kappa shape index (κ1) is 13.8. The number of hydrazine groups is 1. The van der Waals surface area contributed by atoms with Crippen molar-refractivity contribution >= 4 is 28.7 Å². The molecule has 7 nitrogen and oxygen atoms in total. The number of nitrogens with one attached hydrogen (secondary N) is 2. The van der Waals surface area contributed by atoms with E-state index in [0.717, 1.165) is 11.8 Å². The zero-order valence-electron chi connectivity index (χ0n) is 9.42. The van der Waals surface area contributed by atoms with Gasteiger partial charge in [-0.25, -0.2) is 0 Å². The van der Waals surface area contributed by atoms with Crippen LogP contribution in [0.1, 0.15) is 10.4 Å². The summed E-state index contributed by atoms with van der Waals surface area (Å²) in [4.78, 5) is 22.8. The Morgan fingerprint density at radius 2 is 1.89 bits per heavy atom. The van der Waals surface area contributed by atoms with Crippen molar-refractivity contribution < 1.29 is 9.59 Å². The fraction of sp³-hybridized carbons (Fsp3) is 0.100. The molecule has 0 unspecified atom stereocenters. The van der Waals surface area contributed by atoms with Crippen LogP contribution in [0.5, 0.6) is 0 Å². The van der Waals surface area contributed by atoms with Gasteiger partial charge >= 0.3 is 0 Å². The van der Waals surface area contributed by atoms with Crippen LogP contribution < -0.4 is 22.4 Å². The number of thioether (sulfide) groups is 1. The van der Waals surface area contributed by atoms with Crippen LogP contribution in [0.3, 0.4) is 0 Å². The van der Waals surface area contributed by atoms with Crippen LogP contribution in [-0.2, 0) is 4.79 Å². The van der Waals surface area contributed by atoms with Crippen LogP contribution in [0.25, 0.3) is 0 Å². The molecule has 0 aromatic heterocycles. The number of hydrazone groups is 1. The second kappa shape index (κ2) is 7.17. The van der Waals surface area contributed by atoms with E-state index in [-0.39, 0.29) is 10.9 Å².